The summed E-state index contributed by atoms with van der Waals surface area (Å²) in [7, 11) is 0. The van der Waals surface area contributed by atoms with Crippen LogP contribution >= 0.6 is 0 Å². The molecule has 0 aromatic heterocycles. The van der Waals surface area contributed by atoms with Gasteiger partial charge in [0.05, 0.1) is 6.54 Å². The fourth-order valence-electron chi connectivity index (χ4n) is 2.27. The van der Waals surface area contributed by atoms with Crippen molar-refractivity contribution in [2.24, 2.45) is 0 Å². The normalized spacial score (nSPS) is 25.8. The Morgan fingerprint density at radius 1 is 1.47 bits per heavy atom. The molecule has 0 N–H and O–H groups in total. The molecule has 2 fully saturated rings. The molecule has 5 nitrogen and oxygen atoms in total. The van der Waals surface area contributed by atoms with Crippen molar-refractivity contribution in [2.75, 3.05) is 19.6 Å². The Balaban J connectivity index is 2.13. The monoisotopic (exact) mass is 210 g/mol. The van der Waals surface area contributed by atoms with E-state index in [-0.39, 0.29) is 36.7 Å². The van der Waals surface area contributed by atoms with E-state index in [0.717, 1.165) is 12.8 Å². The molecule has 5 heteroatoms. The molecule has 2 aliphatic rings. The lowest BCUT2D eigenvalue weighted by Crippen LogP contribution is -2.58. The van der Waals surface area contributed by atoms with Crippen molar-refractivity contribution in [1.29, 1.82) is 0 Å². The lowest BCUT2D eigenvalue weighted by Gasteiger charge is -2.35. The zero-order chi connectivity index (χ0) is 11.0. The number of nitrogens with zero attached hydrogens (tertiary/aromatic N) is 2. The van der Waals surface area contributed by atoms with Gasteiger partial charge in [-0.05, 0) is 19.8 Å². The number of carbonyl (C=O) groups is 3. The molecule has 0 saturated carbocycles. The SMILES string of the molecule is CC(=O)CN1CC(=O)N2CCCC2C1=O. The minimum atomic E-state index is -0.300. The van der Waals surface area contributed by atoms with E-state index >= 15 is 0 Å². The molecule has 1 unspecified atom stereocenters. The van der Waals surface area contributed by atoms with Gasteiger partial charge in [-0.25, -0.2) is 0 Å². The first kappa shape index (κ1) is 10.1. The first-order valence-corrected chi connectivity index (χ1v) is 5.17. The summed E-state index contributed by atoms with van der Waals surface area (Å²) in [5.74, 6) is -0.178. The predicted molar refractivity (Wildman–Crippen MR) is 52.0 cm³/mol. The molecule has 1 atom stereocenters. The summed E-state index contributed by atoms with van der Waals surface area (Å²) in [4.78, 5) is 37.4. The van der Waals surface area contributed by atoms with Crippen molar-refractivity contribution in [3.63, 3.8) is 0 Å². The Labute approximate surface area is 88.0 Å². The lowest BCUT2D eigenvalue weighted by molar-refractivity contribution is -0.154. The highest BCUT2D eigenvalue weighted by Crippen LogP contribution is 2.23. The molecular weight excluding hydrogens is 196 g/mol. The van der Waals surface area contributed by atoms with Crippen molar-refractivity contribution in [2.45, 2.75) is 25.8 Å². The van der Waals surface area contributed by atoms with Crippen LogP contribution in [-0.4, -0.2) is 53.1 Å². The van der Waals surface area contributed by atoms with Crippen LogP contribution in [0.5, 0.6) is 0 Å². The Bertz CT molecular complexity index is 327. The summed E-state index contributed by atoms with van der Waals surface area (Å²) >= 11 is 0. The Hall–Kier alpha value is -1.39. The third kappa shape index (κ3) is 1.73. The quantitative estimate of drug-likeness (QED) is 0.612. The van der Waals surface area contributed by atoms with Crippen LogP contribution in [0.3, 0.4) is 0 Å². The highest BCUT2D eigenvalue weighted by molar-refractivity contribution is 5.97. The van der Waals surface area contributed by atoms with Crippen molar-refractivity contribution in [1.82, 2.24) is 9.80 Å². The van der Waals surface area contributed by atoms with Gasteiger partial charge < -0.3 is 9.80 Å². The summed E-state index contributed by atoms with van der Waals surface area (Å²) < 4.78 is 0. The molecule has 15 heavy (non-hydrogen) atoms. The molecule has 0 aliphatic carbocycles. The van der Waals surface area contributed by atoms with E-state index in [1.807, 2.05) is 0 Å². The first-order chi connectivity index (χ1) is 7.09. The van der Waals surface area contributed by atoms with Gasteiger partial charge in [-0.15, -0.1) is 0 Å². The fraction of sp³-hybridized carbons (Fsp3) is 0.700. The van der Waals surface area contributed by atoms with Crippen LogP contribution in [0.2, 0.25) is 0 Å². The van der Waals surface area contributed by atoms with Gasteiger partial charge in [-0.1, -0.05) is 0 Å². The summed E-state index contributed by atoms with van der Waals surface area (Å²) in [5.41, 5.74) is 0. The van der Waals surface area contributed by atoms with Gasteiger partial charge in [0.15, 0.2) is 0 Å². The van der Waals surface area contributed by atoms with Gasteiger partial charge >= 0.3 is 0 Å². The molecule has 2 amide bonds. The van der Waals surface area contributed by atoms with Crippen molar-refractivity contribution in [3.05, 3.63) is 0 Å². The number of hydrogen-bond donors (Lipinski definition) is 0. The third-order valence-electron chi connectivity index (χ3n) is 2.91. The summed E-state index contributed by atoms with van der Waals surface area (Å²) in [6.07, 6.45) is 1.62. The zero-order valence-electron chi connectivity index (χ0n) is 8.73. The van der Waals surface area contributed by atoms with E-state index in [2.05, 4.69) is 0 Å². The molecule has 82 valence electrons. The maximum atomic E-state index is 11.9. The number of hydrogen-bond acceptors (Lipinski definition) is 3. The van der Waals surface area contributed by atoms with Crippen LogP contribution in [0.15, 0.2) is 0 Å². The maximum absolute atomic E-state index is 11.9. The minimum Gasteiger partial charge on any atom is -0.329 e. The average molecular weight is 210 g/mol. The second-order valence-electron chi connectivity index (χ2n) is 4.14. The summed E-state index contributed by atoms with van der Waals surface area (Å²) in [6.45, 7) is 2.24. The summed E-state index contributed by atoms with van der Waals surface area (Å²) in [6, 6.07) is -0.300. The highest BCUT2D eigenvalue weighted by atomic mass is 16.2. The number of carbonyl (C=O) groups excluding carboxylic acids is 3. The smallest absolute Gasteiger partial charge is 0.246 e. The molecule has 0 spiro atoms. The molecule has 2 saturated heterocycles. The van der Waals surface area contributed by atoms with Gasteiger partial charge in [-0.3, -0.25) is 14.4 Å². The number of amides is 2. The van der Waals surface area contributed by atoms with Gasteiger partial charge in [-0.2, -0.15) is 0 Å². The number of piperazine rings is 1. The molecular formula is C10H14N2O3. The fourth-order valence-corrected chi connectivity index (χ4v) is 2.27. The largest absolute Gasteiger partial charge is 0.329 e. The Kier molecular flexibility index (Phi) is 2.46. The van der Waals surface area contributed by atoms with E-state index in [0.29, 0.717) is 6.54 Å². The van der Waals surface area contributed by atoms with E-state index in [1.54, 1.807) is 4.90 Å². The first-order valence-electron chi connectivity index (χ1n) is 5.17. The number of rotatable bonds is 2. The van der Waals surface area contributed by atoms with E-state index < -0.39 is 0 Å². The van der Waals surface area contributed by atoms with Gasteiger partial charge in [0.1, 0.15) is 18.4 Å². The second-order valence-corrected chi connectivity index (χ2v) is 4.14. The highest BCUT2D eigenvalue weighted by Gasteiger charge is 2.41. The number of fused-ring (bicyclic) bond motifs is 1. The standard InChI is InChI=1S/C10H14N2O3/c1-7(13)5-11-6-9(14)12-4-2-3-8(12)10(11)15/h8H,2-6H2,1H3. The third-order valence-corrected chi connectivity index (χ3v) is 2.91. The van der Waals surface area contributed by atoms with Crippen LogP contribution in [0.25, 0.3) is 0 Å². The molecule has 2 rings (SSSR count). The topological polar surface area (TPSA) is 57.7 Å². The van der Waals surface area contributed by atoms with Crippen molar-refractivity contribution < 1.29 is 14.4 Å². The van der Waals surface area contributed by atoms with Gasteiger partial charge in [0.2, 0.25) is 11.8 Å². The van der Waals surface area contributed by atoms with Crippen molar-refractivity contribution in [3.8, 4) is 0 Å². The van der Waals surface area contributed by atoms with E-state index in [1.165, 1.54) is 11.8 Å². The van der Waals surface area contributed by atoms with Crippen LogP contribution in [0.4, 0.5) is 0 Å². The second kappa shape index (κ2) is 3.64. The number of ketones is 1. The van der Waals surface area contributed by atoms with Crippen LogP contribution in [0.1, 0.15) is 19.8 Å². The Morgan fingerprint density at radius 2 is 2.20 bits per heavy atom. The molecule has 0 bridgehead atoms. The predicted octanol–water partition coefficient (Wildman–Crippen LogP) is -0.591. The zero-order valence-corrected chi connectivity index (χ0v) is 8.73. The minimum absolute atomic E-state index is 0.0293. The van der Waals surface area contributed by atoms with E-state index in [9.17, 15) is 14.4 Å². The average Bonchev–Trinajstić information content (AvgIpc) is 2.61. The van der Waals surface area contributed by atoms with Crippen molar-refractivity contribution >= 4 is 17.6 Å². The molecule has 0 aromatic carbocycles. The maximum Gasteiger partial charge on any atom is 0.246 e. The molecule has 2 aliphatic heterocycles. The number of Topliss-reactive ketones (excluding diaryl/α,β-unsaturated/α-hetero) is 1. The van der Waals surface area contributed by atoms with E-state index in [4.69, 9.17) is 0 Å². The molecule has 0 radical (unpaired) electrons. The Morgan fingerprint density at radius 3 is 2.87 bits per heavy atom. The van der Waals surface area contributed by atoms with Crippen LogP contribution < -0.4 is 0 Å². The summed E-state index contributed by atoms with van der Waals surface area (Å²) in [5, 5.41) is 0. The van der Waals surface area contributed by atoms with Gasteiger partial charge in [0, 0.05) is 6.54 Å². The van der Waals surface area contributed by atoms with Gasteiger partial charge in [0.25, 0.3) is 0 Å². The van der Waals surface area contributed by atoms with Crippen LogP contribution in [-0.2, 0) is 14.4 Å². The van der Waals surface area contributed by atoms with Crippen LogP contribution in [0, 0.1) is 0 Å². The molecule has 0 aromatic rings. The molecule has 2 heterocycles. The lowest BCUT2D eigenvalue weighted by atomic mass is 10.1.